The fraction of sp³-hybridized carbons (Fsp3) is 0.615. The third-order valence-electron chi connectivity index (χ3n) is 3.62. The second kappa shape index (κ2) is 5.94. The Labute approximate surface area is 118 Å². The second-order valence-electron chi connectivity index (χ2n) is 4.91. The molecule has 1 aliphatic heterocycles. The van der Waals surface area contributed by atoms with Crippen molar-refractivity contribution in [1.29, 1.82) is 0 Å². The normalized spacial score (nSPS) is 23.4. The Morgan fingerprint density at radius 3 is 2.79 bits per heavy atom. The molecule has 0 radical (unpaired) electrons. The van der Waals surface area contributed by atoms with Gasteiger partial charge in [-0.05, 0) is 32.4 Å². The number of aromatic amines is 1. The van der Waals surface area contributed by atoms with E-state index in [4.69, 9.17) is 16.3 Å². The number of hydrogen-bond acceptors (Lipinski definition) is 3. The van der Waals surface area contributed by atoms with Crippen LogP contribution in [0.2, 0.25) is 5.02 Å². The number of carbonyl (C=O) groups is 1. The van der Waals surface area contributed by atoms with Crippen molar-refractivity contribution in [3.05, 3.63) is 22.0 Å². The van der Waals surface area contributed by atoms with Gasteiger partial charge in [-0.15, -0.1) is 0 Å². The number of aromatic nitrogens is 1. The number of nitrogens with one attached hydrogen (secondary N) is 3. The molecule has 0 saturated carbocycles. The van der Waals surface area contributed by atoms with Gasteiger partial charge in [0, 0.05) is 19.3 Å². The molecule has 1 fully saturated rings. The average molecular weight is 286 g/mol. The zero-order chi connectivity index (χ0) is 14.0. The Morgan fingerprint density at radius 1 is 1.47 bits per heavy atom. The molecule has 0 aliphatic carbocycles. The molecule has 2 atom stereocenters. The first-order valence-corrected chi connectivity index (χ1v) is 6.81. The summed E-state index contributed by atoms with van der Waals surface area (Å²) in [7, 11) is 1.66. The summed E-state index contributed by atoms with van der Waals surface area (Å²) in [4.78, 5) is 15.3. The number of piperidine rings is 1. The first-order chi connectivity index (χ1) is 9.04. The predicted molar refractivity (Wildman–Crippen MR) is 74.8 cm³/mol. The van der Waals surface area contributed by atoms with Gasteiger partial charge in [-0.1, -0.05) is 11.6 Å². The summed E-state index contributed by atoms with van der Waals surface area (Å²) in [6.07, 6.45) is 0.862. The van der Waals surface area contributed by atoms with Crippen LogP contribution < -0.4 is 10.6 Å². The SMILES string of the molecule is CO[C@H]1CNCC[C@H]1NC(=O)c1[nH]c(C)c(Cl)c1C. The monoisotopic (exact) mass is 285 g/mol. The van der Waals surface area contributed by atoms with Gasteiger partial charge in [-0.2, -0.15) is 0 Å². The van der Waals surface area contributed by atoms with Crippen LogP contribution in [-0.2, 0) is 4.74 Å². The highest BCUT2D eigenvalue weighted by atomic mass is 35.5. The first kappa shape index (κ1) is 14.4. The summed E-state index contributed by atoms with van der Waals surface area (Å²) >= 11 is 6.10. The van der Waals surface area contributed by atoms with Gasteiger partial charge in [0.2, 0.25) is 0 Å². The summed E-state index contributed by atoms with van der Waals surface area (Å²) in [5, 5.41) is 6.90. The lowest BCUT2D eigenvalue weighted by molar-refractivity contribution is 0.0475. The fourth-order valence-electron chi connectivity index (χ4n) is 2.44. The molecular formula is C13H20ClN3O2. The minimum absolute atomic E-state index is 0.00420. The number of methoxy groups -OCH3 is 1. The van der Waals surface area contributed by atoms with Crippen molar-refractivity contribution in [2.24, 2.45) is 0 Å². The number of H-pyrrole nitrogens is 1. The van der Waals surface area contributed by atoms with Gasteiger partial charge in [0.25, 0.3) is 5.91 Å². The molecule has 0 aromatic carbocycles. The van der Waals surface area contributed by atoms with Crippen LogP contribution in [0.25, 0.3) is 0 Å². The Hall–Kier alpha value is -1.04. The maximum absolute atomic E-state index is 12.3. The van der Waals surface area contributed by atoms with Gasteiger partial charge in [0.15, 0.2) is 0 Å². The topological polar surface area (TPSA) is 66.2 Å². The zero-order valence-electron chi connectivity index (χ0n) is 11.5. The summed E-state index contributed by atoms with van der Waals surface area (Å²) in [6.45, 7) is 5.34. The standard InChI is InChI=1S/C13H20ClN3O2/c1-7-11(14)8(2)16-12(7)13(18)17-9-4-5-15-6-10(9)19-3/h9-10,15-16H,4-6H2,1-3H3,(H,17,18)/t9-,10+/m1/s1. The molecule has 0 unspecified atom stereocenters. The summed E-state index contributed by atoms with van der Waals surface area (Å²) in [5.41, 5.74) is 2.15. The van der Waals surface area contributed by atoms with Crippen molar-refractivity contribution < 1.29 is 9.53 Å². The van der Waals surface area contributed by atoms with Crippen molar-refractivity contribution in [3.63, 3.8) is 0 Å². The van der Waals surface area contributed by atoms with Gasteiger partial charge in [-0.25, -0.2) is 0 Å². The van der Waals surface area contributed by atoms with E-state index >= 15 is 0 Å². The third-order valence-corrected chi connectivity index (χ3v) is 4.19. The summed E-state index contributed by atoms with van der Waals surface area (Å²) in [6, 6.07) is 0.0283. The number of rotatable bonds is 3. The van der Waals surface area contributed by atoms with E-state index in [9.17, 15) is 4.79 Å². The van der Waals surface area contributed by atoms with Crippen molar-refractivity contribution in [2.45, 2.75) is 32.4 Å². The molecular weight excluding hydrogens is 266 g/mol. The molecule has 3 N–H and O–H groups in total. The maximum atomic E-state index is 12.3. The molecule has 5 nitrogen and oxygen atoms in total. The molecule has 6 heteroatoms. The second-order valence-corrected chi connectivity index (χ2v) is 5.29. The largest absolute Gasteiger partial charge is 0.378 e. The Morgan fingerprint density at radius 2 is 2.21 bits per heavy atom. The van der Waals surface area contributed by atoms with E-state index in [1.54, 1.807) is 7.11 Å². The minimum Gasteiger partial charge on any atom is -0.378 e. The highest BCUT2D eigenvalue weighted by Crippen LogP contribution is 2.23. The van der Waals surface area contributed by atoms with Crippen molar-refractivity contribution in [2.75, 3.05) is 20.2 Å². The smallest absolute Gasteiger partial charge is 0.268 e. The van der Waals surface area contributed by atoms with E-state index in [0.717, 1.165) is 30.8 Å². The first-order valence-electron chi connectivity index (χ1n) is 6.43. The molecule has 106 valence electrons. The molecule has 19 heavy (non-hydrogen) atoms. The number of aryl methyl sites for hydroxylation is 1. The van der Waals surface area contributed by atoms with E-state index in [1.165, 1.54) is 0 Å². The number of ether oxygens (including phenoxy) is 1. The van der Waals surface area contributed by atoms with Crippen LogP contribution in [0.5, 0.6) is 0 Å². The summed E-state index contributed by atoms with van der Waals surface area (Å²) in [5.74, 6) is -0.124. The lowest BCUT2D eigenvalue weighted by Gasteiger charge is -2.31. The molecule has 1 saturated heterocycles. The fourth-order valence-corrected chi connectivity index (χ4v) is 2.58. The molecule has 0 bridgehead atoms. The van der Waals surface area contributed by atoms with Crippen LogP contribution in [0, 0.1) is 13.8 Å². The molecule has 2 rings (SSSR count). The molecule has 1 aliphatic rings. The molecule has 2 heterocycles. The van der Waals surface area contributed by atoms with Gasteiger partial charge >= 0.3 is 0 Å². The highest BCUT2D eigenvalue weighted by Gasteiger charge is 2.27. The third kappa shape index (κ3) is 2.94. The van der Waals surface area contributed by atoms with Crippen LogP contribution in [-0.4, -0.2) is 43.2 Å². The van der Waals surface area contributed by atoms with E-state index in [-0.39, 0.29) is 18.1 Å². The predicted octanol–water partition coefficient (Wildman–Crippen LogP) is 1.39. The van der Waals surface area contributed by atoms with Gasteiger partial charge in [0.05, 0.1) is 17.2 Å². The van der Waals surface area contributed by atoms with Gasteiger partial charge in [-0.3, -0.25) is 4.79 Å². The Kier molecular flexibility index (Phi) is 4.50. The van der Waals surface area contributed by atoms with Gasteiger partial charge in [0.1, 0.15) is 5.69 Å². The lowest BCUT2D eigenvalue weighted by Crippen LogP contribution is -2.53. The molecule has 1 aromatic rings. The van der Waals surface area contributed by atoms with Crippen molar-refractivity contribution in [3.8, 4) is 0 Å². The van der Waals surface area contributed by atoms with Crippen LogP contribution in [0.4, 0.5) is 0 Å². The Balaban J connectivity index is 2.09. The highest BCUT2D eigenvalue weighted by molar-refractivity contribution is 6.32. The van der Waals surface area contributed by atoms with E-state index in [0.29, 0.717) is 10.7 Å². The molecule has 1 amide bonds. The molecule has 0 spiro atoms. The Bertz CT molecular complexity index is 473. The van der Waals surface area contributed by atoms with Crippen LogP contribution >= 0.6 is 11.6 Å². The van der Waals surface area contributed by atoms with Crippen LogP contribution in [0.3, 0.4) is 0 Å². The van der Waals surface area contributed by atoms with E-state index in [1.807, 2.05) is 13.8 Å². The van der Waals surface area contributed by atoms with Gasteiger partial charge < -0.3 is 20.4 Å². The number of halogens is 1. The number of carbonyl (C=O) groups excluding carboxylic acids is 1. The van der Waals surface area contributed by atoms with E-state index in [2.05, 4.69) is 15.6 Å². The average Bonchev–Trinajstić information content (AvgIpc) is 2.67. The van der Waals surface area contributed by atoms with Crippen molar-refractivity contribution in [1.82, 2.24) is 15.6 Å². The minimum atomic E-state index is -0.124. The lowest BCUT2D eigenvalue weighted by atomic mass is 10.0. The van der Waals surface area contributed by atoms with E-state index < -0.39 is 0 Å². The van der Waals surface area contributed by atoms with Crippen LogP contribution in [0.1, 0.15) is 28.2 Å². The zero-order valence-corrected chi connectivity index (χ0v) is 12.2. The maximum Gasteiger partial charge on any atom is 0.268 e. The number of hydrogen-bond donors (Lipinski definition) is 3. The van der Waals surface area contributed by atoms with Crippen LogP contribution in [0.15, 0.2) is 0 Å². The molecule has 1 aromatic heterocycles. The quantitative estimate of drug-likeness (QED) is 0.786. The number of amides is 1. The summed E-state index contributed by atoms with van der Waals surface area (Å²) < 4.78 is 5.39. The van der Waals surface area contributed by atoms with Crippen molar-refractivity contribution >= 4 is 17.5 Å².